The number of amides is 1. The van der Waals surface area contributed by atoms with E-state index >= 15 is 0 Å². The molecule has 0 aliphatic carbocycles. The molecule has 8 nitrogen and oxygen atoms in total. The van der Waals surface area contributed by atoms with Gasteiger partial charge in [-0.1, -0.05) is 29.8 Å². The number of ether oxygens (including phenoxy) is 1. The van der Waals surface area contributed by atoms with Gasteiger partial charge in [-0.3, -0.25) is 9.59 Å². The molecule has 0 spiro atoms. The number of aliphatic carboxylic acids is 1. The Balaban J connectivity index is 2.78. The monoisotopic (exact) mass is 333 g/mol. The van der Waals surface area contributed by atoms with Crippen molar-refractivity contribution in [3.05, 3.63) is 40.9 Å². The van der Waals surface area contributed by atoms with Gasteiger partial charge in [-0.15, -0.1) is 0 Å². The normalized spacial score (nSPS) is 12.6. The molecule has 0 aliphatic rings. The number of aryl methyl sites for hydroxylation is 1. The second kappa shape index (κ2) is 9.34. The van der Waals surface area contributed by atoms with Crippen molar-refractivity contribution in [3.8, 4) is 0 Å². The molecule has 1 rings (SSSR count). The quantitative estimate of drug-likeness (QED) is 0.394. The fraction of sp³-hybridized carbons (Fsp3) is 0.375. The van der Waals surface area contributed by atoms with Gasteiger partial charge in [0, 0.05) is 13.5 Å². The van der Waals surface area contributed by atoms with Crippen LogP contribution in [0.15, 0.2) is 24.3 Å². The number of methoxy groups -OCH3 is 1. The Kier molecular flexibility index (Phi) is 7.48. The minimum atomic E-state index is -1.27. The summed E-state index contributed by atoms with van der Waals surface area (Å²) in [6.07, 6.45) is -0.577. The van der Waals surface area contributed by atoms with Crippen molar-refractivity contribution >= 4 is 23.9 Å². The molecule has 128 valence electrons. The maximum absolute atomic E-state index is 12.3. The number of carbonyl (C=O) groups is 3. The Bertz CT molecular complexity index is 650. The van der Waals surface area contributed by atoms with Crippen LogP contribution in [0.4, 0.5) is 0 Å². The number of hydrogen-bond donors (Lipinski definition) is 2. The molecule has 0 radical (unpaired) electrons. The lowest BCUT2D eigenvalue weighted by Crippen LogP contribution is -2.43. The zero-order valence-corrected chi connectivity index (χ0v) is 13.4. The molecule has 0 aromatic heterocycles. The van der Waals surface area contributed by atoms with Crippen molar-refractivity contribution in [2.45, 2.75) is 31.9 Å². The average Bonchev–Trinajstić information content (AvgIpc) is 2.53. The highest BCUT2D eigenvalue weighted by Gasteiger charge is 2.26. The predicted octanol–water partition coefficient (Wildman–Crippen LogP) is 0.902. The van der Waals surface area contributed by atoms with Crippen LogP contribution in [0.25, 0.3) is 5.53 Å². The van der Waals surface area contributed by atoms with Crippen LogP contribution in [0.2, 0.25) is 0 Å². The van der Waals surface area contributed by atoms with Crippen LogP contribution in [0, 0.1) is 6.92 Å². The molecule has 0 aliphatic heterocycles. The number of nitrogens with one attached hydrogen (secondary N) is 1. The van der Waals surface area contributed by atoms with Gasteiger partial charge in [-0.2, -0.15) is 4.79 Å². The Labute approximate surface area is 139 Å². The standard InChI is InChI=1S/C16H19N3O5/c1-10-3-5-11(6-4-10)14(24-2)15(21)19-13(16(22)23)8-7-12(20)9-18-17/h3-6,9,13-14H,7-8H2,1-2H3,(H,19,21)(H,22,23)/t13-,14-/m0/s1. The molecule has 24 heavy (non-hydrogen) atoms. The van der Waals surface area contributed by atoms with E-state index in [9.17, 15) is 19.5 Å². The molecule has 0 unspecified atom stereocenters. The van der Waals surface area contributed by atoms with Gasteiger partial charge in [0.1, 0.15) is 6.04 Å². The smallest absolute Gasteiger partial charge is 0.326 e. The van der Waals surface area contributed by atoms with Gasteiger partial charge in [-0.05, 0) is 18.9 Å². The number of Topliss-reactive ketones (excluding diaryl/α,β-unsaturated/α-hetero) is 1. The summed E-state index contributed by atoms with van der Waals surface area (Å²) in [5, 5.41) is 11.5. The number of benzene rings is 1. The number of rotatable bonds is 9. The van der Waals surface area contributed by atoms with Gasteiger partial charge in [0.05, 0.1) is 0 Å². The largest absolute Gasteiger partial charge is 0.480 e. The molecule has 1 aromatic carbocycles. The van der Waals surface area contributed by atoms with Gasteiger partial charge >= 0.3 is 12.2 Å². The Morgan fingerprint density at radius 1 is 1.33 bits per heavy atom. The molecule has 0 bridgehead atoms. The van der Waals surface area contributed by atoms with E-state index in [1.165, 1.54) is 7.11 Å². The zero-order chi connectivity index (χ0) is 18.1. The van der Waals surface area contributed by atoms with Crippen molar-refractivity contribution in [1.82, 2.24) is 5.32 Å². The first-order chi connectivity index (χ1) is 11.4. The minimum Gasteiger partial charge on any atom is -0.480 e. The van der Waals surface area contributed by atoms with Crippen LogP contribution in [0.3, 0.4) is 0 Å². The fourth-order valence-corrected chi connectivity index (χ4v) is 2.06. The first kappa shape index (κ1) is 19.2. The number of ketones is 1. The van der Waals surface area contributed by atoms with Crippen LogP contribution in [0.5, 0.6) is 0 Å². The predicted molar refractivity (Wildman–Crippen MR) is 84.4 cm³/mol. The summed E-state index contributed by atoms with van der Waals surface area (Å²) in [5.74, 6) is -2.42. The number of hydrogen-bond acceptors (Lipinski definition) is 4. The summed E-state index contributed by atoms with van der Waals surface area (Å²) in [7, 11) is 1.35. The summed E-state index contributed by atoms with van der Waals surface area (Å²) in [4.78, 5) is 37.4. The fourth-order valence-electron chi connectivity index (χ4n) is 2.06. The van der Waals surface area contributed by atoms with Crippen molar-refractivity contribution in [3.63, 3.8) is 0 Å². The number of carbonyl (C=O) groups excluding carboxylic acids is 2. The molecule has 2 N–H and O–H groups in total. The van der Waals surface area contributed by atoms with E-state index in [1.807, 2.05) is 19.1 Å². The molecule has 1 amide bonds. The highest BCUT2D eigenvalue weighted by Crippen LogP contribution is 2.18. The SMILES string of the molecule is CO[C@H](C(=O)N[C@@H](CCC(=O)C=[N+]=[N-])C(=O)O)c1ccc(C)cc1. The average molecular weight is 333 g/mol. The molecule has 2 atom stereocenters. The molecular weight excluding hydrogens is 314 g/mol. The number of carboxylic acids is 1. The summed E-state index contributed by atoms with van der Waals surface area (Å²) < 4.78 is 5.16. The summed E-state index contributed by atoms with van der Waals surface area (Å²) in [6, 6.07) is 5.82. The molecule has 8 heteroatoms. The third kappa shape index (κ3) is 5.75. The minimum absolute atomic E-state index is 0.129. The van der Waals surface area contributed by atoms with E-state index in [4.69, 9.17) is 10.3 Å². The second-order valence-corrected chi connectivity index (χ2v) is 5.18. The van der Waals surface area contributed by atoms with Crippen molar-refractivity contribution in [2.24, 2.45) is 0 Å². The van der Waals surface area contributed by atoms with Crippen LogP contribution in [-0.4, -0.2) is 46.9 Å². The van der Waals surface area contributed by atoms with Gasteiger partial charge in [0.2, 0.25) is 5.78 Å². The first-order valence-electron chi connectivity index (χ1n) is 7.21. The van der Waals surface area contributed by atoms with Crippen LogP contribution < -0.4 is 5.32 Å². The highest BCUT2D eigenvalue weighted by atomic mass is 16.5. The summed E-state index contributed by atoms with van der Waals surface area (Å²) in [6.45, 7) is 1.90. The summed E-state index contributed by atoms with van der Waals surface area (Å²) >= 11 is 0. The van der Waals surface area contributed by atoms with E-state index in [0.717, 1.165) is 5.56 Å². The lowest BCUT2D eigenvalue weighted by atomic mass is 10.0. The van der Waals surface area contributed by atoms with E-state index in [0.29, 0.717) is 11.8 Å². The Morgan fingerprint density at radius 3 is 2.46 bits per heavy atom. The highest BCUT2D eigenvalue weighted by molar-refractivity contribution is 6.25. The number of carboxylic acid groups (broad SMARTS) is 1. The lowest BCUT2D eigenvalue weighted by Gasteiger charge is -2.19. The third-order valence-electron chi connectivity index (χ3n) is 3.35. The Hall–Kier alpha value is -2.83. The molecular formula is C16H19N3O5. The molecule has 0 fully saturated rings. The van der Waals surface area contributed by atoms with Gasteiger partial charge in [-0.25, -0.2) is 4.79 Å². The maximum Gasteiger partial charge on any atom is 0.326 e. The van der Waals surface area contributed by atoms with Crippen LogP contribution in [-0.2, 0) is 19.1 Å². The van der Waals surface area contributed by atoms with Crippen molar-refractivity contribution < 1.29 is 29.0 Å². The lowest BCUT2D eigenvalue weighted by molar-refractivity contribution is -0.144. The first-order valence-corrected chi connectivity index (χ1v) is 7.21. The molecule has 0 heterocycles. The molecule has 0 saturated heterocycles. The van der Waals surface area contributed by atoms with Gasteiger partial charge < -0.3 is 20.7 Å². The maximum atomic E-state index is 12.3. The Morgan fingerprint density at radius 2 is 1.96 bits per heavy atom. The number of nitrogens with zero attached hydrogens (tertiary/aromatic N) is 2. The zero-order valence-electron chi connectivity index (χ0n) is 13.4. The van der Waals surface area contributed by atoms with E-state index in [-0.39, 0.29) is 12.8 Å². The van der Waals surface area contributed by atoms with Crippen LogP contribution in [0.1, 0.15) is 30.1 Å². The summed E-state index contributed by atoms with van der Waals surface area (Å²) in [5.41, 5.74) is 9.86. The van der Waals surface area contributed by atoms with E-state index in [2.05, 4.69) is 10.1 Å². The van der Waals surface area contributed by atoms with Crippen molar-refractivity contribution in [1.29, 1.82) is 0 Å². The van der Waals surface area contributed by atoms with Gasteiger partial charge in [0.15, 0.2) is 6.10 Å². The van der Waals surface area contributed by atoms with Crippen molar-refractivity contribution in [2.75, 3.05) is 7.11 Å². The third-order valence-corrected chi connectivity index (χ3v) is 3.35. The van der Waals surface area contributed by atoms with E-state index < -0.39 is 29.8 Å². The van der Waals surface area contributed by atoms with Crippen LogP contribution >= 0.6 is 0 Å². The second-order valence-electron chi connectivity index (χ2n) is 5.18. The molecule has 0 saturated carbocycles. The van der Waals surface area contributed by atoms with Gasteiger partial charge in [0.25, 0.3) is 5.91 Å². The topological polar surface area (TPSA) is 129 Å². The van der Waals surface area contributed by atoms with E-state index in [1.54, 1.807) is 12.1 Å². The molecule has 1 aromatic rings.